The van der Waals surface area contributed by atoms with Gasteiger partial charge in [0, 0.05) is 11.4 Å². The fourth-order valence-electron chi connectivity index (χ4n) is 1.35. The van der Waals surface area contributed by atoms with Crippen molar-refractivity contribution in [3.63, 3.8) is 0 Å². The van der Waals surface area contributed by atoms with Gasteiger partial charge in [-0.3, -0.25) is 9.69 Å². The highest BCUT2D eigenvalue weighted by atomic mass is 32.1. The second-order valence-electron chi connectivity index (χ2n) is 3.15. The maximum Gasteiger partial charge on any atom is 0.231 e. The lowest BCUT2D eigenvalue weighted by atomic mass is 10.2. The Bertz CT molecular complexity index is 286. The molecule has 1 amide bonds. The minimum atomic E-state index is -0.331. The summed E-state index contributed by atoms with van der Waals surface area (Å²) in [4.78, 5) is 13.8. The maximum atomic E-state index is 10.7. The van der Waals surface area contributed by atoms with E-state index in [9.17, 15) is 4.79 Å². The maximum absolute atomic E-state index is 10.7. The number of hydrogen-bond acceptors (Lipinski definition) is 4. The summed E-state index contributed by atoms with van der Waals surface area (Å²) in [5, 5.41) is 2.00. The fourth-order valence-corrected chi connectivity index (χ4v) is 2.25. The average Bonchev–Trinajstić information content (AvgIpc) is 2.57. The van der Waals surface area contributed by atoms with Gasteiger partial charge in [0.2, 0.25) is 5.91 Å². The number of primary amides is 1. The average molecular weight is 213 g/mol. The molecule has 0 aliphatic rings. The monoisotopic (exact) mass is 213 g/mol. The van der Waals surface area contributed by atoms with Crippen molar-refractivity contribution in [1.29, 1.82) is 0 Å². The summed E-state index contributed by atoms with van der Waals surface area (Å²) in [6.45, 7) is 0.726. The number of carbonyl (C=O) groups excluding carboxylic acids is 1. The third-order valence-electron chi connectivity index (χ3n) is 2.03. The molecule has 4 N–H and O–H groups in total. The molecule has 0 spiro atoms. The van der Waals surface area contributed by atoms with Gasteiger partial charge in [0.1, 0.15) is 0 Å². The summed E-state index contributed by atoms with van der Waals surface area (Å²) in [6.07, 6.45) is 0. The third-order valence-corrected chi connectivity index (χ3v) is 3.01. The first kappa shape index (κ1) is 11.2. The number of thiophene rings is 1. The van der Waals surface area contributed by atoms with Crippen molar-refractivity contribution in [3.05, 3.63) is 22.4 Å². The van der Waals surface area contributed by atoms with E-state index >= 15 is 0 Å². The number of rotatable bonds is 5. The van der Waals surface area contributed by atoms with Crippen molar-refractivity contribution in [3.8, 4) is 0 Å². The molecule has 1 aromatic heterocycles. The van der Waals surface area contributed by atoms with Crippen LogP contribution in [0.3, 0.4) is 0 Å². The van der Waals surface area contributed by atoms with Gasteiger partial charge in [0.25, 0.3) is 0 Å². The highest BCUT2D eigenvalue weighted by Crippen LogP contribution is 2.22. The van der Waals surface area contributed by atoms with Crippen LogP contribution in [0, 0.1) is 0 Å². The molecule has 1 atom stereocenters. The third kappa shape index (κ3) is 2.80. The second kappa shape index (κ2) is 5.09. The van der Waals surface area contributed by atoms with Crippen molar-refractivity contribution >= 4 is 17.2 Å². The van der Waals surface area contributed by atoms with Gasteiger partial charge in [-0.2, -0.15) is 0 Å². The molecule has 0 saturated heterocycles. The first-order valence-electron chi connectivity index (χ1n) is 4.37. The van der Waals surface area contributed by atoms with Gasteiger partial charge in [0.15, 0.2) is 0 Å². The Morgan fingerprint density at radius 2 is 2.43 bits per heavy atom. The Morgan fingerprint density at radius 1 is 1.71 bits per heavy atom. The van der Waals surface area contributed by atoms with Crippen LogP contribution in [-0.2, 0) is 4.79 Å². The van der Waals surface area contributed by atoms with E-state index < -0.39 is 0 Å². The predicted molar refractivity (Wildman–Crippen MR) is 57.9 cm³/mol. The van der Waals surface area contributed by atoms with E-state index in [1.807, 2.05) is 29.5 Å². The van der Waals surface area contributed by atoms with Crippen LogP contribution in [-0.4, -0.2) is 30.9 Å². The van der Waals surface area contributed by atoms with Crippen LogP contribution in [0.5, 0.6) is 0 Å². The molecule has 0 saturated carbocycles. The Morgan fingerprint density at radius 3 is 2.86 bits per heavy atom. The summed E-state index contributed by atoms with van der Waals surface area (Å²) < 4.78 is 0. The number of carbonyl (C=O) groups is 1. The van der Waals surface area contributed by atoms with Crippen LogP contribution in [0.25, 0.3) is 0 Å². The van der Waals surface area contributed by atoms with Gasteiger partial charge in [0.05, 0.1) is 12.6 Å². The largest absolute Gasteiger partial charge is 0.369 e. The summed E-state index contributed by atoms with van der Waals surface area (Å²) in [7, 11) is 1.85. The molecule has 5 heteroatoms. The summed E-state index contributed by atoms with van der Waals surface area (Å²) in [6, 6.07) is 4.07. The number of likely N-dealkylation sites (N-methyl/N-ethyl adjacent to an activating group) is 1. The van der Waals surface area contributed by atoms with E-state index in [0.717, 1.165) is 4.88 Å². The molecule has 0 fully saturated rings. The van der Waals surface area contributed by atoms with Gasteiger partial charge >= 0.3 is 0 Å². The van der Waals surface area contributed by atoms with E-state index in [1.165, 1.54) is 0 Å². The van der Waals surface area contributed by atoms with Crippen LogP contribution in [0.1, 0.15) is 10.9 Å². The second-order valence-corrected chi connectivity index (χ2v) is 4.13. The zero-order valence-corrected chi connectivity index (χ0v) is 8.96. The van der Waals surface area contributed by atoms with Crippen LogP contribution >= 0.6 is 11.3 Å². The van der Waals surface area contributed by atoms with Gasteiger partial charge in [-0.15, -0.1) is 11.3 Å². The quantitative estimate of drug-likeness (QED) is 0.732. The lowest BCUT2D eigenvalue weighted by Gasteiger charge is -2.24. The normalized spacial score (nSPS) is 13.1. The Hall–Kier alpha value is -0.910. The van der Waals surface area contributed by atoms with Crippen LogP contribution in [0.4, 0.5) is 0 Å². The molecule has 0 aliphatic heterocycles. The zero-order valence-electron chi connectivity index (χ0n) is 8.14. The van der Waals surface area contributed by atoms with Crippen molar-refractivity contribution < 1.29 is 4.79 Å². The molecular weight excluding hydrogens is 198 g/mol. The molecule has 4 nitrogen and oxygen atoms in total. The topological polar surface area (TPSA) is 72.3 Å². The molecule has 78 valence electrons. The number of nitrogens with zero attached hydrogens (tertiary/aromatic N) is 1. The van der Waals surface area contributed by atoms with Crippen molar-refractivity contribution in [2.24, 2.45) is 11.5 Å². The number of hydrogen-bond donors (Lipinski definition) is 2. The van der Waals surface area contributed by atoms with E-state index in [4.69, 9.17) is 11.5 Å². The van der Waals surface area contributed by atoms with Crippen molar-refractivity contribution in [2.45, 2.75) is 6.04 Å². The number of amides is 1. The Labute approximate surface area is 87.5 Å². The molecule has 0 aromatic carbocycles. The van der Waals surface area contributed by atoms with Crippen molar-refractivity contribution in [2.75, 3.05) is 20.1 Å². The van der Waals surface area contributed by atoms with Gasteiger partial charge in [-0.25, -0.2) is 0 Å². The molecule has 1 rings (SSSR count). The molecule has 1 unspecified atom stereocenters. The van der Waals surface area contributed by atoms with Crippen LogP contribution in [0.15, 0.2) is 17.5 Å². The van der Waals surface area contributed by atoms with Gasteiger partial charge in [-0.1, -0.05) is 6.07 Å². The minimum absolute atomic E-state index is 0.0856. The SMILES string of the molecule is CN(CC(N)=O)C(CN)c1cccs1. The molecule has 0 aliphatic carbocycles. The zero-order chi connectivity index (χ0) is 10.6. The molecule has 1 aromatic rings. The van der Waals surface area contributed by atoms with E-state index in [0.29, 0.717) is 6.54 Å². The molecule has 0 bridgehead atoms. The predicted octanol–water partition coefficient (Wildman–Crippen LogP) is 0.165. The first-order chi connectivity index (χ1) is 6.65. The fraction of sp³-hybridized carbons (Fsp3) is 0.444. The number of nitrogens with two attached hydrogens (primary N) is 2. The Balaban J connectivity index is 2.67. The van der Waals surface area contributed by atoms with E-state index in [2.05, 4.69) is 0 Å². The summed E-state index contributed by atoms with van der Waals surface area (Å²) in [5.41, 5.74) is 10.8. The molecular formula is C9H15N3OS. The standard InChI is InChI=1S/C9H15N3OS/c1-12(6-9(11)13)7(5-10)8-3-2-4-14-8/h2-4,7H,5-6,10H2,1H3,(H2,11,13). The van der Waals surface area contributed by atoms with Crippen LogP contribution < -0.4 is 11.5 Å². The molecule has 0 radical (unpaired) electrons. The van der Waals surface area contributed by atoms with Crippen LogP contribution in [0.2, 0.25) is 0 Å². The lowest BCUT2D eigenvalue weighted by Crippen LogP contribution is -2.36. The van der Waals surface area contributed by atoms with E-state index in [1.54, 1.807) is 11.3 Å². The first-order valence-corrected chi connectivity index (χ1v) is 5.25. The van der Waals surface area contributed by atoms with E-state index in [-0.39, 0.29) is 18.5 Å². The smallest absolute Gasteiger partial charge is 0.231 e. The Kier molecular flexibility index (Phi) is 4.06. The van der Waals surface area contributed by atoms with Crippen molar-refractivity contribution in [1.82, 2.24) is 4.90 Å². The highest BCUT2D eigenvalue weighted by molar-refractivity contribution is 7.10. The van der Waals surface area contributed by atoms with Gasteiger partial charge < -0.3 is 11.5 Å². The molecule has 1 heterocycles. The summed E-state index contributed by atoms with van der Waals surface area (Å²) >= 11 is 1.64. The lowest BCUT2D eigenvalue weighted by molar-refractivity contribution is -0.119. The van der Waals surface area contributed by atoms with Gasteiger partial charge in [-0.05, 0) is 18.5 Å². The molecule has 14 heavy (non-hydrogen) atoms. The minimum Gasteiger partial charge on any atom is -0.369 e. The summed E-state index contributed by atoms with van der Waals surface area (Å²) in [5.74, 6) is -0.331. The highest BCUT2D eigenvalue weighted by Gasteiger charge is 2.17.